The third-order valence-electron chi connectivity index (χ3n) is 3.33. The van der Waals surface area contributed by atoms with Crippen LogP contribution < -0.4 is 4.74 Å². The SMILES string of the molecule is CCOc1nn(-c2ccc(C3CC3)cn2)c(C)c1I. The van der Waals surface area contributed by atoms with Crippen LogP contribution in [0.2, 0.25) is 0 Å². The Balaban J connectivity index is 1.94. The highest BCUT2D eigenvalue weighted by molar-refractivity contribution is 14.1. The van der Waals surface area contributed by atoms with E-state index >= 15 is 0 Å². The van der Waals surface area contributed by atoms with Crippen LogP contribution in [-0.4, -0.2) is 21.4 Å². The number of ether oxygens (including phenoxy) is 1. The summed E-state index contributed by atoms with van der Waals surface area (Å²) in [6.07, 6.45) is 4.57. The lowest BCUT2D eigenvalue weighted by molar-refractivity contribution is 0.322. The van der Waals surface area contributed by atoms with Crippen LogP contribution in [-0.2, 0) is 0 Å². The summed E-state index contributed by atoms with van der Waals surface area (Å²) in [5, 5.41) is 4.48. The van der Waals surface area contributed by atoms with Gasteiger partial charge in [-0.2, -0.15) is 0 Å². The van der Waals surface area contributed by atoms with Gasteiger partial charge in [0.2, 0.25) is 5.88 Å². The fourth-order valence-electron chi connectivity index (χ4n) is 2.09. The molecule has 0 aromatic carbocycles. The molecule has 3 rings (SSSR count). The van der Waals surface area contributed by atoms with Gasteiger partial charge in [-0.05, 0) is 66.8 Å². The highest BCUT2D eigenvalue weighted by atomic mass is 127. The topological polar surface area (TPSA) is 39.9 Å². The summed E-state index contributed by atoms with van der Waals surface area (Å²) in [5.74, 6) is 2.28. The van der Waals surface area contributed by atoms with E-state index in [1.165, 1.54) is 18.4 Å². The van der Waals surface area contributed by atoms with Crippen LogP contribution in [0.5, 0.6) is 5.88 Å². The van der Waals surface area contributed by atoms with Gasteiger partial charge in [0.1, 0.15) is 0 Å². The molecule has 0 saturated heterocycles. The van der Waals surface area contributed by atoms with E-state index in [0.717, 1.165) is 21.0 Å². The number of hydrogen-bond donors (Lipinski definition) is 0. The van der Waals surface area contributed by atoms with Crippen LogP contribution in [0.1, 0.15) is 36.9 Å². The normalized spacial score (nSPS) is 14.7. The molecule has 2 aromatic rings. The Hall–Kier alpha value is -1.11. The Bertz CT molecular complexity index is 587. The smallest absolute Gasteiger partial charge is 0.247 e. The summed E-state index contributed by atoms with van der Waals surface area (Å²) in [6, 6.07) is 4.20. The second-order valence-corrected chi connectivity index (χ2v) is 5.85. The highest BCUT2D eigenvalue weighted by Gasteiger charge is 2.24. The average molecular weight is 369 g/mol. The summed E-state index contributed by atoms with van der Waals surface area (Å²) in [6.45, 7) is 4.63. The van der Waals surface area contributed by atoms with Crippen LogP contribution in [0.25, 0.3) is 5.82 Å². The molecule has 0 N–H and O–H groups in total. The van der Waals surface area contributed by atoms with Gasteiger partial charge in [-0.25, -0.2) is 9.67 Å². The molecule has 100 valence electrons. The third-order valence-corrected chi connectivity index (χ3v) is 4.57. The molecule has 0 amide bonds. The van der Waals surface area contributed by atoms with Crippen LogP contribution in [0.15, 0.2) is 18.3 Å². The zero-order valence-electron chi connectivity index (χ0n) is 11.1. The van der Waals surface area contributed by atoms with Crippen molar-refractivity contribution in [1.82, 2.24) is 14.8 Å². The molecular formula is C14H16IN3O. The van der Waals surface area contributed by atoms with Crippen LogP contribution in [0, 0.1) is 10.5 Å². The van der Waals surface area contributed by atoms with Gasteiger partial charge in [0.15, 0.2) is 5.82 Å². The monoisotopic (exact) mass is 369 g/mol. The van der Waals surface area contributed by atoms with Gasteiger partial charge < -0.3 is 4.74 Å². The van der Waals surface area contributed by atoms with Crippen molar-refractivity contribution < 1.29 is 4.74 Å². The molecule has 1 saturated carbocycles. The summed E-state index contributed by atoms with van der Waals surface area (Å²) in [5.41, 5.74) is 2.41. The van der Waals surface area contributed by atoms with E-state index in [9.17, 15) is 0 Å². The average Bonchev–Trinajstić information content (AvgIpc) is 3.23. The van der Waals surface area contributed by atoms with Gasteiger partial charge in [-0.3, -0.25) is 0 Å². The molecule has 5 heteroatoms. The maximum absolute atomic E-state index is 5.52. The standard InChI is InChI=1S/C14H16IN3O/c1-3-19-14-13(15)9(2)18(17-14)12-7-6-11(8-16-12)10-4-5-10/h6-8,10H,3-5H2,1-2H3. The lowest BCUT2D eigenvalue weighted by Crippen LogP contribution is -2.02. The Kier molecular flexibility index (Phi) is 3.47. The van der Waals surface area contributed by atoms with Crippen LogP contribution >= 0.6 is 22.6 Å². The minimum absolute atomic E-state index is 0.625. The molecule has 0 bridgehead atoms. The summed E-state index contributed by atoms with van der Waals surface area (Å²) < 4.78 is 8.42. The molecule has 0 atom stereocenters. The lowest BCUT2D eigenvalue weighted by atomic mass is 10.2. The number of rotatable bonds is 4. The van der Waals surface area contributed by atoms with Gasteiger partial charge in [0.05, 0.1) is 15.9 Å². The minimum Gasteiger partial charge on any atom is -0.476 e. The van der Waals surface area contributed by atoms with Crippen molar-refractivity contribution in [3.05, 3.63) is 33.2 Å². The van der Waals surface area contributed by atoms with E-state index < -0.39 is 0 Å². The molecule has 2 aromatic heterocycles. The lowest BCUT2D eigenvalue weighted by Gasteiger charge is -2.04. The number of pyridine rings is 1. The van der Waals surface area contributed by atoms with Crippen molar-refractivity contribution in [3.63, 3.8) is 0 Å². The fraction of sp³-hybridized carbons (Fsp3) is 0.429. The van der Waals surface area contributed by atoms with Gasteiger partial charge in [-0.15, -0.1) is 5.10 Å². The van der Waals surface area contributed by atoms with E-state index in [1.807, 2.05) is 30.8 Å². The minimum atomic E-state index is 0.625. The molecule has 1 fully saturated rings. The zero-order chi connectivity index (χ0) is 13.4. The Morgan fingerprint density at radius 3 is 2.79 bits per heavy atom. The maximum Gasteiger partial charge on any atom is 0.247 e. The van der Waals surface area contributed by atoms with E-state index in [-0.39, 0.29) is 0 Å². The first-order valence-corrected chi connectivity index (χ1v) is 7.62. The number of nitrogens with zero attached hydrogens (tertiary/aromatic N) is 3. The highest BCUT2D eigenvalue weighted by Crippen LogP contribution is 2.39. The van der Waals surface area contributed by atoms with Crippen molar-refractivity contribution in [2.45, 2.75) is 32.6 Å². The molecule has 0 unspecified atom stereocenters. The zero-order valence-corrected chi connectivity index (χ0v) is 13.2. The molecule has 2 heterocycles. The molecule has 0 aliphatic heterocycles. The summed E-state index contributed by atoms with van der Waals surface area (Å²) >= 11 is 2.27. The van der Waals surface area contributed by atoms with Crippen molar-refractivity contribution in [3.8, 4) is 11.7 Å². The third kappa shape index (κ3) is 2.48. The second kappa shape index (κ2) is 5.11. The van der Waals surface area contributed by atoms with E-state index in [0.29, 0.717) is 12.5 Å². The largest absolute Gasteiger partial charge is 0.476 e. The second-order valence-electron chi connectivity index (χ2n) is 4.77. The molecule has 1 aliphatic carbocycles. The van der Waals surface area contributed by atoms with Gasteiger partial charge >= 0.3 is 0 Å². The molecular weight excluding hydrogens is 353 g/mol. The summed E-state index contributed by atoms with van der Waals surface area (Å²) in [7, 11) is 0. The Labute approximate surface area is 126 Å². The quantitative estimate of drug-likeness (QED) is 0.775. The fourth-order valence-corrected chi connectivity index (χ4v) is 2.58. The molecule has 0 spiro atoms. The molecule has 0 radical (unpaired) electrons. The van der Waals surface area contributed by atoms with Crippen molar-refractivity contribution in [1.29, 1.82) is 0 Å². The first-order valence-electron chi connectivity index (χ1n) is 6.55. The van der Waals surface area contributed by atoms with Crippen molar-refractivity contribution >= 4 is 22.6 Å². The van der Waals surface area contributed by atoms with Gasteiger partial charge in [-0.1, -0.05) is 6.07 Å². The van der Waals surface area contributed by atoms with Crippen LogP contribution in [0.4, 0.5) is 0 Å². The van der Waals surface area contributed by atoms with Crippen LogP contribution in [0.3, 0.4) is 0 Å². The first-order chi connectivity index (χ1) is 9.20. The molecule has 19 heavy (non-hydrogen) atoms. The predicted octanol–water partition coefficient (Wildman–Crippen LogP) is 3.46. The molecule has 4 nitrogen and oxygen atoms in total. The first kappa shape index (κ1) is 12.9. The van der Waals surface area contributed by atoms with E-state index in [2.05, 4.69) is 38.7 Å². The van der Waals surface area contributed by atoms with E-state index in [1.54, 1.807) is 0 Å². The van der Waals surface area contributed by atoms with Crippen molar-refractivity contribution in [2.75, 3.05) is 6.61 Å². The Morgan fingerprint density at radius 1 is 1.42 bits per heavy atom. The number of hydrogen-bond acceptors (Lipinski definition) is 3. The maximum atomic E-state index is 5.52. The molecule has 1 aliphatic rings. The van der Waals surface area contributed by atoms with Gasteiger partial charge in [0.25, 0.3) is 0 Å². The summed E-state index contributed by atoms with van der Waals surface area (Å²) in [4.78, 5) is 4.53. The van der Waals surface area contributed by atoms with Gasteiger partial charge in [0, 0.05) is 6.20 Å². The number of halogens is 1. The Morgan fingerprint density at radius 2 is 2.21 bits per heavy atom. The number of aromatic nitrogens is 3. The predicted molar refractivity (Wildman–Crippen MR) is 82.0 cm³/mol. The van der Waals surface area contributed by atoms with E-state index in [4.69, 9.17) is 4.74 Å². The van der Waals surface area contributed by atoms with Crippen molar-refractivity contribution in [2.24, 2.45) is 0 Å².